The minimum Gasteiger partial charge on any atom is -0.477 e. The van der Waals surface area contributed by atoms with Crippen LogP contribution in [0.5, 0.6) is 5.88 Å². The SMILES string of the molecule is Fc1cc(Cl)ccc1CCOc1ncccc1I. The van der Waals surface area contributed by atoms with Crippen molar-refractivity contribution >= 4 is 34.2 Å². The summed E-state index contributed by atoms with van der Waals surface area (Å²) in [6, 6.07) is 8.40. The van der Waals surface area contributed by atoms with Gasteiger partial charge in [-0.15, -0.1) is 0 Å². The highest BCUT2D eigenvalue weighted by atomic mass is 127. The van der Waals surface area contributed by atoms with Gasteiger partial charge in [0.2, 0.25) is 5.88 Å². The summed E-state index contributed by atoms with van der Waals surface area (Å²) in [6.07, 6.45) is 2.15. The van der Waals surface area contributed by atoms with Crippen molar-refractivity contribution in [1.82, 2.24) is 4.98 Å². The Balaban J connectivity index is 1.95. The molecule has 2 nitrogen and oxygen atoms in total. The zero-order valence-corrected chi connectivity index (χ0v) is 12.3. The minimum absolute atomic E-state index is 0.304. The molecule has 0 bridgehead atoms. The third kappa shape index (κ3) is 3.55. The van der Waals surface area contributed by atoms with E-state index in [1.807, 2.05) is 12.1 Å². The number of nitrogens with zero attached hydrogens (tertiary/aromatic N) is 1. The molecule has 1 heterocycles. The Morgan fingerprint density at radius 3 is 2.89 bits per heavy atom. The average molecular weight is 378 g/mol. The number of benzene rings is 1. The molecule has 0 saturated heterocycles. The van der Waals surface area contributed by atoms with Crippen molar-refractivity contribution in [2.45, 2.75) is 6.42 Å². The zero-order chi connectivity index (χ0) is 13.0. The molecule has 5 heteroatoms. The van der Waals surface area contributed by atoms with Gasteiger partial charge in [-0.25, -0.2) is 9.37 Å². The van der Waals surface area contributed by atoms with E-state index in [-0.39, 0.29) is 5.82 Å². The van der Waals surface area contributed by atoms with E-state index < -0.39 is 0 Å². The molecule has 1 aromatic heterocycles. The lowest BCUT2D eigenvalue weighted by atomic mass is 10.1. The summed E-state index contributed by atoms with van der Waals surface area (Å²) in [6.45, 7) is 0.381. The number of ether oxygens (including phenoxy) is 1. The van der Waals surface area contributed by atoms with Crippen LogP contribution in [0.4, 0.5) is 4.39 Å². The second kappa shape index (κ2) is 6.33. The van der Waals surface area contributed by atoms with Gasteiger partial charge >= 0.3 is 0 Å². The lowest BCUT2D eigenvalue weighted by Gasteiger charge is -2.07. The molecule has 0 aliphatic carbocycles. The summed E-state index contributed by atoms with van der Waals surface area (Å²) >= 11 is 7.83. The first-order valence-electron chi connectivity index (χ1n) is 5.34. The van der Waals surface area contributed by atoms with E-state index >= 15 is 0 Å². The quantitative estimate of drug-likeness (QED) is 0.749. The number of aromatic nitrogens is 1. The van der Waals surface area contributed by atoms with Gasteiger partial charge in [0.25, 0.3) is 0 Å². The predicted octanol–water partition coefficient (Wildman–Crippen LogP) is 4.10. The normalized spacial score (nSPS) is 10.4. The number of pyridine rings is 1. The molecule has 0 aliphatic heterocycles. The maximum Gasteiger partial charge on any atom is 0.227 e. The molecule has 0 fully saturated rings. The van der Waals surface area contributed by atoms with Crippen molar-refractivity contribution in [3.63, 3.8) is 0 Å². The third-order valence-electron chi connectivity index (χ3n) is 2.35. The van der Waals surface area contributed by atoms with E-state index in [1.165, 1.54) is 6.07 Å². The summed E-state index contributed by atoms with van der Waals surface area (Å²) in [7, 11) is 0. The van der Waals surface area contributed by atoms with Crippen LogP contribution in [0.2, 0.25) is 5.02 Å². The maximum atomic E-state index is 13.5. The first kappa shape index (κ1) is 13.5. The van der Waals surface area contributed by atoms with Crippen LogP contribution < -0.4 is 4.74 Å². The lowest BCUT2D eigenvalue weighted by molar-refractivity contribution is 0.305. The number of hydrogen-bond donors (Lipinski definition) is 0. The molecule has 94 valence electrons. The largest absolute Gasteiger partial charge is 0.477 e. The fourth-order valence-corrected chi connectivity index (χ4v) is 2.12. The van der Waals surface area contributed by atoms with Gasteiger partial charge in [0.05, 0.1) is 10.2 Å². The fraction of sp³-hybridized carbons (Fsp3) is 0.154. The second-order valence-electron chi connectivity index (χ2n) is 3.62. The highest BCUT2D eigenvalue weighted by Crippen LogP contribution is 2.18. The predicted molar refractivity (Wildman–Crippen MR) is 77.6 cm³/mol. The molecule has 0 unspecified atom stereocenters. The van der Waals surface area contributed by atoms with E-state index in [9.17, 15) is 4.39 Å². The summed E-state index contributed by atoms with van der Waals surface area (Å²) in [5.74, 6) is 0.272. The highest BCUT2D eigenvalue weighted by Gasteiger charge is 2.05. The van der Waals surface area contributed by atoms with Gasteiger partial charge in [0, 0.05) is 17.6 Å². The van der Waals surface area contributed by atoms with Crippen LogP contribution in [0.15, 0.2) is 36.5 Å². The van der Waals surface area contributed by atoms with Gasteiger partial charge < -0.3 is 4.74 Å². The monoisotopic (exact) mass is 377 g/mol. The Morgan fingerprint density at radius 1 is 1.33 bits per heavy atom. The van der Waals surface area contributed by atoms with Crippen LogP contribution >= 0.6 is 34.2 Å². The van der Waals surface area contributed by atoms with Crippen molar-refractivity contribution in [2.24, 2.45) is 0 Å². The number of hydrogen-bond acceptors (Lipinski definition) is 2. The Kier molecular flexibility index (Phi) is 4.77. The van der Waals surface area contributed by atoms with E-state index in [0.717, 1.165) is 3.57 Å². The van der Waals surface area contributed by atoms with Crippen LogP contribution in [0.25, 0.3) is 0 Å². The molecular weight excluding hydrogens is 368 g/mol. The second-order valence-corrected chi connectivity index (χ2v) is 5.22. The van der Waals surface area contributed by atoms with Gasteiger partial charge in [-0.05, 0) is 52.4 Å². The van der Waals surface area contributed by atoms with E-state index in [2.05, 4.69) is 27.6 Å². The Hall–Kier alpha value is -0.880. The standard InChI is InChI=1S/C13H10ClFINO/c14-10-4-3-9(11(15)8-10)5-7-18-13-12(16)2-1-6-17-13/h1-4,6,8H,5,7H2. The Labute approximate surface area is 123 Å². The van der Waals surface area contributed by atoms with Gasteiger partial charge in [0.15, 0.2) is 0 Å². The van der Waals surface area contributed by atoms with Crippen LogP contribution in [-0.2, 0) is 6.42 Å². The molecule has 0 radical (unpaired) electrons. The van der Waals surface area contributed by atoms with Gasteiger partial charge in [-0.2, -0.15) is 0 Å². The molecular formula is C13H10ClFINO. The van der Waals surface area contributed by atoms with Crippen molar-refractivity contribution in [2.75, 3.05) is 6.61 Å². The third-order valence-corrected chi connectivity index (χ3v) is 3.41. The molecule has 1 aromatic carbocycles. The van der Waals surface area contributed by atoms with Gasteiger partial charge in [-0.3, -0.25) is 0 Å². The number of rotatable bonds is 4. The molecule has 0 saturated carbocycles. The van der Waals surface area contributed by atoms with Gasteiger partial charge in [0.1, 0.15) is 5.82 Å². The van der Waals surface area contributed by atoms with E-state index in [1.54, 1.807) is 18.3 Å². The smallest absolute Gasteiger partial charge is 0.227 e. The van der Waals surface area contributed by atoms with Crippen LogP contribution in [-0.4, -0.2) is 11.6 Å². The van der Waals surface area contributed by atoms with Crippen LogP contribution in [0.1, 0.15) is 5.56 Å². The molecule has 18 heavy (non-hydrogen) atoms. The van der Waals surface area contributed by atoms with Crippen molar-refractivity contribution in [3.05, 3.63) is 56.5 Å². The van der Waals surface area contributed by atoms with Crippen LogP contribution in [0.3, 0.4) is 0 Å². The molecule has 0 aliphatic rings. The van der Waals surface area contributed by atoms with Crippen molar-refractivity contribution in [1.29, 1.82) is 0 Å². The molecule has 2 aromatic rings. The van der Waals surface area contributed by atoms with Gasteiger partial charge in [-0.1, -0.05) is 17.7 Å². The molecule has 0 spiro atoms. The van der Waals surface area contributed by atoms with E-state index in [4.69, 9.17) is 16.3 Å². The van der Waals surface area contributed by atoms with Crippen molar-refractivity contribution < 1.29 is 9.13 Å². The van der Waals surface area contributed by atoms with E-state index in [0.29, 0.717) is 29.5 Å². The fourth-order valence-electron chi connectivity index (χ4n) is 1.46. The molecule has 2 rings (SSSR count). The lowest BCUT2D eigenvalue weighted by Crippen LogP contribution is -2.05. The molecule has 0 N–H and O–H groups in total. The Bertz CT molecular complexity index is 550. The summed E-state index contributed by atoms with van der Waals surface area (Å²) < 4.78 is 19.9. The first-order chi connectivity index (χ1) is 8.66. The zero-order valence-electron chi connectivity index (χ0n) is 9.37. The molecule has 0 atom stereocenters. The maximum absolute atomic E-state index is 13.5. The molecule has 0 amide bonds. The number of halogens is 3. The summed E-state index contributed by atoms with van der Waals surface area (Å²) in [5, 5.41) is 0.399. The van der Waals surface area contributed by atoms with Crippen molar-refractivity contribution in [3.8, 4) is 5.88 Å². The minimum atomic E-state index is -0.304. The Morgan fingerprint density at radius 2 is 2.17 bits per heavy atom. The first-order valence-corrected chi connectivity index (χ1v) is 6.80. The summed E-state index contributed by atoms with van der Waals surface area (Å²) in [4.78, 5) is 4.10. The topological polar surface area (TPSA) is 22.1 Å². The average Bonchev–Trinajstić information content (AvgIpc) is 2.34. The highest BCUT2D eigenvalue weighted by molar-refractivity contribution is 14.1. The summed E-state index contributed by atoms with van der Waals surface area (Å²) in [5.41, 5.74) is 0.588. The van der Waals surface area contributed by atoms with Crippen LogP contribution in [0, 0.1) is 9.39 Å².